The zero-order valence-corrected chi connectivity index (χ0v) is 11.2. The summed E-state index contributed by atoms with van der Waals surface area (Å²) >= 11 is 5.56. The first-order chi connectivity index (χ1) is 8.01. The number of benzene rings is 1. The summed E-state index contributed by atoms with van der Waals surface area (Å²) in [7, 11) is 1.61. The summed E-state index contributed by atoms with van der Waals surface area (Å²) in [6.45, 7) is 3.79. The molecule has 17 heavy (non-hydrogen) atoms. The molecular formula is C13H19ClO3. The summed E-state index contributed by atoms with van der Waals surface area (Å²) < 4.78 is 5.20. The summed E-state index contributed by atoms with van der Waals surface area (Å²) in [5, 5.41) is 19.8. The van der Waals surface area contributed by atoms with Crippen LogP contribution in [0.4, 0.5) is 0 Å². The van der Waals surface area contributed by atoms with Gasteiger partial charge in [0.05, 0.1) is 13.2 Å². The lowest BCUT2D eigenvalue weighted by Gasteiger charge is -2.20. The van der Waals surface area contributed by atoms with Gasteiger partial charge in [0.15, 0.2) is 0 Å². The van der Waals surface area contributed by atoms with Crippen LogP contribution in [0.3, 0.4) is 0 Å². The molecule has 2 unspecified atom stereocenters. The standard InChI is InChI=1S/C13H19ClO3/c1-8-7-12(17-3)9(2)6-10(8)13(16)11(15)4-5-14/h6-7,11,13,15-16H,4-5H2,1-3H3. The van der Waals surface area contributed by atoms with Crippen LogP contribution >= 0.6 is 11.6 Å². The van der Waals surface area contributed by atoms with E-state index < -0.39 is 12.2 Å². The van der Waals surface area contributed by atoms with E-state index in [1.54, 1.807) is 7.11 Å². The molecule has 0 radical (unpaired) electrons. The average Bonchev–Trinajstić information content (AvgIpc) is 2.31. The first-order valence-corrected chi connectivity index (χ1v) is 6.12. The second-order valence-corrected chi connectivity index (χ2v) is 4.55. The molecule has 2 atom stereocenters. The van der Waals surface area contributed by atoms with Crippen LogP contribution in [0.1, 0.15) is 29.2 Å². The fourth-order valence-electron chi connectivity index (χ4n) is 1.83. The van der Waals surface area contributed by atoms with E-state index in [1.807, 2.05) is 26.0 Å². The lowest BCUT2D eigenvalue weighted by molar-refractivity contribution is 0.0166. The minimum Gasteiger partial charge on any atom is -0.496 e. The highest BCUT2D eigenvalue weighted by Gasteiger charge is 2.20. The first-order valence-electron chi connectivity index (χ1n) is 5.58. The van der Waals surface area contributed by atoms with Crippen LogP contribution in [0.2, 0.25) is 0 Å². The number of aliphatic hydroxyl groups is 2. The van der Waals surface area contributed by atoms with Gasteiger partial charge in [-0.1, -0.05) is 0 Å². The second kappa shape index (κ2) is 6.24. The van der Waals surface area contributed by atoms with Gasteiger partial charge in [-0.25, -0.2) is 0 Å². The number of ether oxygens (including phenoxy) is 1. The van der Waals surface area contributed by atoms with Crippen molar-refractivity contribution in [2.75, 3.05) is 13.0 Å². The quantitative estimate of drug-likeness (QED) is 0.797. The summed E-state index contributed by atoms with van der Waals surface area (Å²) in [5.74, 6) is 1.11. The number of methoxy groups -OCH3 is 1. The van der Waals surface area contributed by atoms with Gasteiger partial charge in [0, 0.05) is 5.88 Å². The minimum atomic E-state index is -0.904. The summed E-state index contributed by atoms with van der Waals surface area (Å²) in [4.78, 5) is 0. The maximum atomic E-state index is 10.0. The predicted molar refractivity (Wildman–Crippen MR) is 68.8 cm³/mol. The smallest absolute Gasteiger partial charge is 0.122 e. The summed E-state index contributed by atoms with van der Waals surface area (Å²) in [6, 6.07) is 3.71. The lowest BCUT2D eigenvalue weighted by Crippen LogP contribution is -2.19. The molecular weight excluding hydrogens is 240 g/mol. The number of hydrogen-bond acceptors (Lipinski definition) is 3. The molecule has 0 aliphatic rings. The second-order valence-electron chi connectivity index (χ2n) is 4.17. The summed E-state index contributed by atoms with van der Waals surface area (Å²) in [5.41, 5.74) is 2.56. The Morgan fingerprint density at radius 3 is 2.41 bits per heavy atom. The van der Waals surface area contributed by atoms with Gasteiger partial charge in [-0.15, -0.1) is 11.6 Å². The normalized spacial score (nSPS) is 14.5. The Morgan fingerprint density at radius 1 is 1.24 bits per heavy atom. The Labute approximate surface area is 107 Å². The van der Waals surface area contributed by atoms with Crippen LogP contribution in [-0.2, 0) is 0 Å². The van der Waals surface area contributed by atoms with Crippen molar-refractivity contribution in [1.82, 2.24) is 0 Å². The topological polar surface area (TPSA) is 49.7 Å². The largest absolute Gasteiger partial charge is 0.496 e. The third-order valence-corrected chi connectivity index (χ3v) is 3.09. The van der Waals surface area contributed by atoms with Crippen LogP contribution in [0.15, 0.2) is 12.1 Å². The summed E-state index contributed by atoms with van der Waals surface area (Å²) in [6.07, 6.45) is -1.37. The van der Waals surface area contributed by atoms with Crippen LogP contribution in [0, 0.1) is 13.8 Å². The molecule has 2 N–H and O–H groups in total. The van der Waals surface area contributed by atoms with Crippen molar-refractivity contribution < 1.29 is 14.9 Å². The Hall–Kier alpha value is -0.770. The maximum absolute atomic E-state index is 10.0. The molecule has 0 aliphatic heterocycles. The van der Waals surface area contributed by atoms with Gasteiger partial charge in [-0.2, -0.15) is 0 Å². The van der Waals surface area contributed by atoms with Crippen LogP contribution in [0.25, 0.3) is 0 Å². The number of halogens is 1. The van der Waals surface area contributed by atoms with Crippen molar-refractivity contribution in [2.24, 2.45) is 0 Å². The van der Waals surface area contributed by atoms with Gasteiger partial charge in [-0.05, 0) is 49.1 Å². The Bertz CT molecular complexity index is 379. The van der Waals surface area contributed by atoms with Gasteiger partial charge in [-0.3, -0.25) is 0 Å². The third-order valence-electron chi connectivity index (χ3n) is 2.87. The monoisotopic (exact) mass is 258 g/mol. The van der Waals surface area contributed by atoms with Crippen molar-refractivity contribution in [2.45, 2.75) is 32.5 Å². The molecule has 0 heterocycles. The number of rotatable bonds is 5. The van der Waals surface area contributed by atoms with Gasteiger partial charge in [0.1, 0.15) is 11.9 Å². The first kappa shape index (κ1) is 14.3. The van der Waals surface area contributed by atoms with E-state index in [4.69, 9.17) is 16.3 Å². The molecule has 1 rings (SSSR count). The fourth-order valence-corrected chi connectivity index (χ4v) is 2.05. The van der Waals surface area contributed by atoms with Crippen molar-refractivity contribution in [3.05, 3.63) is 28.8 Å². The van der Waals surface area contributed by atoms with Gasteiger partial charge < -0.3 is 14.9 Å². The van der Waals surface area contributed by atoms with E-state index in [-0.39, 0.29) is 0 Å². The molecule has 0 saturated carbocycles. The van der Waals surface area contributed by atoms with E-state index in [2.05, 4.69) is 0 Å². The highest BCUT2D eigenvalue weighted by atomic mass is 35.5. The molecule has 1 aromatic carbocycles. The number of aryl methyl sites for hydroxylation is 2. The van der Waals surface area contributed by atoms with E-state index in [0.29, 0.717) is 12.3 Å². The fraction of sp³-hybridized carbons (Fsp3) is 0.538. The Kier molecular flexibility index (Phi) is 5.25. The molecule has 0 saturated heterocycles. The third kappa shape index (κ3) is 3.35. The average molecular weight is 259 g/mol. The molecule has 0 amide bonds. The zero-order valence-electron chi connectivity index (χ0n) is 10.4. The number of aliphatic hydroxyl groups excluding tert-OH is 2. The van der Waals surface area contributed by atoms with Crippen molar-refractivity contribution >= 4 is 11.6 Å². The molecule has 96 valence electrons. The van der Waals surface area contributed by atoms with Crippen molar-refractivity contribution in [3.63, 3.8) is 0 Å². The SMILES string of the molecule is COc1cc(C)c(C(O)C(O)CCCl)cc1C. The lowest BCUT2D eigenvalue weighted by atomic mass is 9.96. The van der Waals surface area contributed by atoms with Gasteiger partial charge in [0.2, 0.25) is 0 Å². The highest BCUT2D eigenvalue weighted by molar-refractivity contribution is 6.17. The Morgan fingerprint density at radius 2 is 1.88 bits per heavy atom. The maximum Gasteiger partial charge on any atom is 0.122 e. The van der Waals surface area contributed by atoms with Crippen molar-refractivity contribution in [1.29, 1.82) is 0 Å². The van der Waals surface area contributed by atoms with Gasteiger partial charge in [0.25, 0.3) is 0 Å². The molecule has 0 aliphatic carbocycles. The number of alkyl halides is 1. The van der Waals surface area contributed by atoms with E-state index in [0.717, 1.165) is 22.4 Å². The molecule has 0 aromatic heterocycles. The molecule has 1 aromatic rings. The zero-order chi connectivity index (χ0) is 13.0. The van der Waals surface area contributed by atoms with Crippen LogP contribution in [0.5, 0.6) is 5.75 Å². The van der Waals surface area contributed by atoms with Crippen LogP contribution in [-0.4, -0.2) is 29.3 Å². The Balaban J connectivity index is 3.01. The van der Waals surface area contributed by atoms with E-state index in [9.17, 15) is 10.2 Å². The molecule has 0 spiro atoms. The molecule has 0 bridgehead atoms. The number of hydrogen-bond donors (Lipinski definition) is 2. The highest BCUT2D eigenvalue weighted by Crippen LogP contribution is 2.28. The van der Waals surface area contributed by atoms with E-state index >= 15 is 0 Å². The minimum absolute atomic E-state index is 0.326. The van der Waals surface area contributed by atoms with Gasteiger partial charge >= 0.3 is 0 Å². The molecule has 4 heteroatoms. The molecule has 3 nitrogen and oxygen atoms in total. The molecule has 0 fully saturated rings. The van der Waals surface area contributed by atoms with Crippen LogP contribution < -0.4 is 4.74 Å². The predicted octanol–water partition coefficient (Wildman–Crippen LogP) is 2.34. The van der Waals surface area contributed by atoms with Crippen molar-refractivity contribution in [3.8, 4) is 5.75 Å². The van der Waals surface area contributed by atoms with E-state index in [1.165, 1.54) is 0 Å².